The molecule has 0 bridgehead atoms. The van der Waals surface area contributed by atoms with E-state index >= 15 is 0 Å². The van der Waals surface area contributed by atoms with Gasteiger partial charge in [-0.2, -0.15) is 0 Å². The van der Waals surface area contributed by atoms with Crippen molar-refractivity contribution in [2.24, 2.45) is 17.4 Å². The Hall–Kier alpha value is -1.55. The number of hydrogen-bond acceptors (Lipinski definition) is 3. The lowest BCUT2D eigenvalue weighted by molar-refractivity contribution is 0.0995. The molecule has 0 fully saturated rings. The van der Waals surface area contributed by atoms with Crippen LogP contribution < -0.4 is 16.2 Å². The monoisotopic (exact) mass is 264 g/mol. The van der Waals surface area contributed by atoms with Gasteiger partial charge in [-0.3, -0.25) is 4.79 Å². The quantitative estimate of drug-likeness (QED) is 0.794. The first-order valence-electron chi connectivity index (χ1n) is 6.81. The van der Waals surface area contributed by atoms with Gasteiger partial charge < -0.3 is 16.2 Å². The molecule has 4 N–H and O–H groups in total. The van der Waals surface area contributed by atoms with Gasteiger partial charge >= 0.3 is 0 Å². The van der Waals surface area contributed by atoms with Gasteiger partial charge in [0, 0.05) is 6.04 Å². The topological polar surface area (TPSA) is 78.3 Å². The van der Waals surface area contributed by atoms with Gasteiger partial charge in [-0.25, -0.2) is 0 Å². The number of nitrogens with two attached hydrogens (primary N) is 2. The van der Waals surface area contributed by atoms with Crippen molar-refractivity contribution in [1.29, 1.82) is 0 Å². The summed E-state index contributed by atoms with van der Waals surface area (Å²) >= 11 is 0. The highest BCUT2D eigenvalue weighted by Crippen LogP contribution is 2.23. The highest BCUT2D eigenvalue weighted by molar-refractivity contribution is 5.95. The molecule has 1 amide bonds. The summed E-state index contributed by atoms with van der Waals surface area (Å²) in [5.41, 5.74) is 12.5. The third kappa shape index (κ3) is 4.24. The molecular weight excluding hydrogens is 240 g/mol. The highest BCUT2D eigenvalue weighted by atomic mass is 16.5. The van der Waals surface area contributed by atoms with Crippen molar-refractivity contribution < 1.29 is 9.53 Å². The van der Waals surface area contributed by atoms with Crippen LogP contribution in [0.4, 0.5) is 0 Å². The summed E-state index contributed by atoms with van der Waals surface area (Å²) in [6.07, 6.45) is 2.11. The smallest absolute Gasteiger partial charge is 0.252 e. The van der Waals surface area contributed by atoms with Crippen LogP contribution in [0.5, 0.6) is 5.75 Å². The summed E-state index contributed by atoms with van der Waals surface area (Å²) < 4.78 is 5.74. The number of hydrogen-bond donors (Lipinski definition) is 2. The summed E-state index contributed by atoms with van der Waals surface area (Å²) in [6.45, 7) is 6.73. The van der Waals surface area contributed by atoms with Crippen LogP contribution in [-0.4, -0.2) is 12.5 Å². The lowest BCUT2D eigenvalue weighted by Crippen LogP contribution is -2.17. The van der Waals surface area contributed by atoms with Crippen LogP contribution in [0.2, 0.25) is 0 Å². The first kappa shape index (κ1) is 15.5. The zero-order chi connectivity index (χ0) is 14.4. The summed E-state index contributed by atoms with van der Waals surface area (Å²) in [4.78, 5) is 11.5. The molecule has 4 heteroatoms. The lowest BCUT2D eigenvalue weighted by atomic mass is 10.0. The minimum Gasteiger partial charge on any atom is -0.492 e. The predicted octanol–water partition coefficient (Wildman–Crippen LogP) is 2.62. The molecule has 1 atom stereocenters. The lowest BCUT2D eigenvalue weighted by Gasteiger charge is -2.16. The first-order valence-corrected chi connectivity index (χ1v) is 6.81. The van der Waals surface area contributed by atoms with E-state index in [4.69, 9.17) is 16.2 Å². The SMILES string of the molecule is CCC(CC)COc1ccc(C(C)N)cc1C(N)=O. The Morgan fingerprint density at radius 1 is 1.32 bits per heavy atom. The van der Waals surface area contributed by atoms with Crippen LogP contribution in [0, 0.1) is 5.92 Å². The molecule has 0 aromatic heterocycles. The maximum absolute atomic E-state index is 11.5. The van der Waals surface area contributed by atoms with Crippen molar-refractivity contribution in [2.75, 3.05) is 6.61 Å². The minimum atomic E-state index is -0.484. The Kier molecular flexibility index (Phi) is 5.83. The van der Waals surface area contributed by atoms with Crippen LogP contribution in [-0.2, 0) is 0 Å². The molecule has 106 valence electrons. The summed E-state index contributed by atoms with van der Waals surface area (Å²) in [5.74, 6) is 0.555. The zero-order valence-electron chi connectivity index (χ0n) is 12.0. The molecule has 1 unspecified atom stereocenters. The molecular formula is C15H24N2O2. The number of ether oxygens (including phenoxy) is 1. The predicted molar refractivity (Wildman–Crippen MR) is 77.1 cm³/mol. The van der Waals surface area contributed by atoms with Gasteiger partial charge in [0.25, 0.3) is 5.91 Å². The summed E-state index contributed by atoms with van der Waals surface area (Å²) in [6, 6.07) is 5.24. The van der Waals surface area contributed by atoms with Gasteiger partial charge in [0.15, 0.2) is 0 Å². The average Bonchev–Trinajstić information content (AvgIpc) is 2.39. The second-order valence-corrected chi connectivity index (χ2v) is 4.90. The van der Waals surface area contributed by atoms with Crippen molar-refractivity contribution >= 4 is 5.91 Å². The molecule has 19 heavy (non-hydrogen) atoms. The number of rotatable bonds is 7. The third-order valence-corrected chi connectivity index (χ3v) is 3.42. The van der Waals surface area contributed by atoms with Crippen molar-refractivity contribution in [3.05, 3.63) is 29.3 Å². The maximum atomic E-state index is 11.5. The Morgan fingerprint density at radius 2 is 1.95 bits per heavy atom. The van der Waals surface area contributed by atoms with Crippen LogP contribution in [0.25, 0.3) is 0 Å². The molecule has 0 aliphatic carbocycles. The molecule has 0 saturated carbocycles. The number of carbonyl (C=O) groups excluding carboxylic acids is 1. The van der Waals surface area contributed by atoms with E-state index in [1.165, 1.54) is 0 Å². The second-order valence-electron chi connectivity index (χ2n) is 4.90. The zero-order valence-corrected chi connectivity index (χ0v) is 12.0. The number of carbonyl (C=O) groups is 1. The molecule has 1 aromatic rings. The number of amides is 1. The molecule has 0 aliphatic rings. The van der Waals surface area contributed by atoms with E-state index in [9.17, 15) is 4.79 Å². The molecule has 4 nitrogen and oxygen atoms in total. The van der Waals surface area contributed by atoms with Crippen molar-refractivity contribution in [3.63, 3.8) is 0 Å². The van der Waals surface area contributed by atoms with Crippen LogP contribution in [0.15, 0.2) is 18.2 Å². The van der Waals surface area contributed by atoms with E-state index in [1.807, 2.05) is 13.0 Å². The fourth-order valence-electron chi connectivity index (χ4n) is 1.88. The van der Waals surface area contributed by atoms with Crippen LogP contribution >= 0.6 is 0 Å². The fourth-order valence-corrected chi connectivity index (χ4v) is 1.88. The van der Waals surface area contributed by atoms with Crippen LogP contribution in [0.3, 0.4) is 0 Å². The molecule has 0 spiro atoms. The van der Waals surface area contributed by atoms with Gasteiger partial charge in [0.2, 0.25) is 0 Å². The van der Waals surface area contributed by atoms with Gasteiger partial charge in [0.05, 0.1) is 12.2 Å². The van der Waals surface area contributed by atoms with Crippen molar-refractivity contribution in [3.8, 4) is 5.75 Å². The molecule has 0 aliphatic heterocycles. The van der Waals surface area contributed by atoms with E-state index in [0.717, 1.165) is 18.4 Å². The van der Waals surface area contributed by atoms with Gasteiger partial charge in [-0.15, -0.1) is 0 Å². The molecule has 0 radical (unpaired) electrons. The van der Waals surface area contributed by atoms with Gasteiger partial charge in [0.1, 0.15) is 5.75 Å². The molecule has 1 rings (SSSR count). The van der Waals surface area contributed by atoms with E-state index in [1.54, 1.807) is 12.1 Å². The Labute approximate surface area is 115 Å². The van der Waals surface area contributed by atoms with E-state index in [-0.39, 0.29) is 6.04 Å². The summed E-state index contributed by atoms with van der Waals surface area (Å²) in [5, 5.41) is 0. The fraction of sp³-hybridized carbons (Fsp3) is 0.533. The normalized spacial score (nSPS) is 12.5. The third-order valence-electron chi connectivity index (χ3n) is 3.42. The molecule has 0 heterocycles. The van der Waals surface area contributed by atoms with Crippen molar-refractivity contribution in [1.82, 2.24) is 0 Å². The largest absolute Gasteiger partial charge is 0.492 e. The maximum Gasteiger partial charge on any atom is 0.252 e. The Bertz CT molecular complexity index is 426. The second kappa shape index (κ2) is 7.14. The average molecular weight is 264 g/mol. The van der Waals surface area contributed by atoms with E-state index in [0.29, 0.717) is 23.8 Å². The molecule has 0 saturated heterocycles. The van der Waals surface area contributed by atoms with E-state index < -0.39 is 5.91 Å². The van der Waals surface area contributed by atoms with Gasteiger partial charge in [-0.1, -0.05) is 32.8 Å². The summed E-state index contributed by atoms with van der Waals surface area (Å²) in [7, 11) is 0. The Balaban J connectivity index is 2.91. The Morgan fingerprint density at radius 3 is 2.42 bits per heavy atom. The van der Waals surface area contributed by atoms with Crippen LogP contribution in [0.1, 0.15) is 55.6 Å². The highest BCUT2D eigenvalue weighted by Gasteiger charge is 2.13. The first-order chi connectivity index (χ1) is 8.99. The number of primary amides is 1. The van der Waals surface area contributed by atoms with E-state index in [2.05, 4.69) is 13.8 Å². The standard InChI is InChI=1S/C15H24N2O2/c1-4-11(5-2)9-19-14-7-6-12(10(3)16)8-13(14)15(17)18/h6-8,10-11H,4-5,9,16H2,1-3H3,(H2,17,18). The molecule has 1 aromatic carbocycles. The van der Waals surface area contributed by atoms with Crippen molar-refractivity contribution in [2.45, 2.75) is 39.7 Å². The minimum absolute atomic E-state index is 0.133. The number of benzene rings is 1. The van der Waals surface area contributed by atoms with Gasteiger partial charge in [-0.05, 0) is 30.5 Å².